The van der Waals surface area contributed by atoms with Crippen LogP contribution < -0.4 is 0 Å². The molecule has 1 heterocycles. The van der Waals surface area contributed by atoms with E-state index in [0.29, 0.717) is 0 Å². The van der Waals surface area contributed by atoms with Gasteiger partial charge in [0.2, 0.25) is 5.91 Å². The number of likely N-dealkylation sites (N-methyl/N-ethyl adjacent to an activating group) is 1. The first kappa shape index (κ1) is 17.2. The van der Waals surface area contributed by atoms with Crippen LogP contribution in [0.3, 0.4) is 0 Å². The summed E-state index contributed by atoms with van der Waals surface area (Å²) in [4.78, 5) is 13.7. The smallest absolute Gasteiger partial charge is 0.227 e. The van der Waals surface area contributed by atoms with Crippen molar-refractivity contribution in [2.75, 3.05) is 18.1 Å². The van der Waals surface area contributed by atoms with Gasteiger partial charge < -0.3 is 10.0 Å². The van der Waals surface area contributed by atoms with E-state index in [1.807, 2.05) is 0 Å². The van der Waals surface area contributed by atoms with Crippen LogP contribution in [0.4, 0.5) is 4.39 Å². The van der Waals surface area contributed by atoms with Crippen LogP contribution >= 0.6 is 11.6 Å². The van der Waals surface area contributed by atoms with Crippen LogP contribution in [-0.4, -0.2) is 54.5 Å². The Morgan fingerprint density at radius 3 is 2.64 bits per heavy atom. The van der Waals surface area contributed by atoms with Crippen LogP contribution in [0.1, 0.15) is 12.5 Å². The zero-order chi connectivity index (χ0) is 16.5. The molecule has 1 fully saturated rings. The van der Waals surface area contributed by atoms with E-state index in [0.717, 1.165) is 0 Å². The summed E-state index contributed by atoms with van der Waals surface area (Å²) in [7, 11) is -3.37. The number of halogens is 2. The van der Waals surface area contributed by atoms with Crippen molar-refractivity contribution in [1.29, 1.82) is 0 Å². The van der Waals surface area contributed by atoms with Gasteiger partial charge in [-0.2, -0.15) is 0 Å². The topological polar surface area (TPSA) is 74.7 Å². The maximum atomic E-state index is 13.8. The predicted molar refractivity (Wildman–Crippen MR) is 80.9 cm³/mol. The number of aliphatic hydroxyl groups excluding tert-OH is 1. The number of benzene rings is 1. The summed E-state index contributed by atoms with van der Waals surface area (Å²) in [6.07, 6.45) is -1.40. The third-order valence-corrected chi connectivity index (χ3v) is 5.80. The van der Waals surface area contributed by atoms with Crippen molar-refractivity contribution in [3.05, 3.63) is 34.6 Å². The van der Waals surface area contributed by atoms with E-state index in [1.54, 1.807) is 6.92 Å². The van der Waals surface area contributed by atoms with Gasteiger partial charge in [-0.05, 0) is 19.1 Å². The van der Waals surface area contributed by atoms with Crippen molar-refractivity contribution < 1.29 is 22.7 Å². The van der Waals surface area contributed by atoms with E-state index < -0.39 is 33.7 Å². The second kappa shape index (κ2) is 6.52. The van der Waals surface area contributed by atoms with E-state index in [-0.39, 0.29) is 35.1 Å². The molecule has 1 aromatic rings. The summed E-state index contributed by atoms with van der Waals surface area (Å²) in [6.45, 7) is 1.90. The van der Waals surface area contributed by atoms with E-state index in [9.17, 15) is 22.7 Å². The lowest BCUT2D eigenvalue weighted by molar-refractivity contribution is -0.134. The van der Waals surface area contributed by atoms with Gasteiger partial charge in [-0.1, -0.05) is 17.7 Å². The third-order valence-electron chi connectivity index (χ3n) is 3.74. The fourth-order valence-electron chi connectivity index (χ4n) is 2.66. The number of sulfone groups is 1. The number of aliphatic hydroxyl groups is 1. The van der Waals surface area contributed by atoms with Crippen LogP contribution in [0.2, 0.25) is 5.02 Å². The number of rotatable bonds is 4. The molecule has 2 rings (SSSR count). The minimum Gasteiger partial charge on any atom is -0.390 e. The Balaban J connectivity index is 2.20. The van der Waals surface area contributed by atoms with Gasteiger partial charge in [0.15, 0.2) is 9.84 Å². The molecule has 0 bridgehead atoms. The van der Waals surface area contributed by atoms with E-state index in [4.69, 9.17) is 11.6 Å². The lowest BCUT2D eigenvalue weighted by Crippen LogP contribution is -2.47. The average Bonchev–Trinajstić information content (AvgIpc) is 2.68. The molecular formula is C14H17ClFNO4S. The Morgan fingerprint density at radius 1 is 1.45 bits per heavy atom. The first-order valence-corrected chi connectivity index (χ1v) is 9.06. The summed E-state index contributed by atoms with van der Waals surface area (Å²) in [5.41, 5.74) is 0.0722. The van der Waals surface area contributed by atoms with Gasteiger partial charge in [0, 0.05) is 17.1 Å². The van der Waals surface area contributed by atoms with Gasteiger partial charge in [0.25, 0.3) is 0 Å². The molecule has 1 aromatic carbocycles. The van der Waals surface area contributed by atoms with E-state index in [2.05, 4.69) is 0 Å². The lowest BCUT2D eigenvalue weighted by Gasteiger charge is -2.29. The zero-order valence-corrected chi connectivity index (χ0v) is 13.6. The highest BCUT2D eigenvalue weighted by molar-refractivity contribution is 7.91. The molecule has 1 amide bonds. The van der Waals surface area contributed by atoms with Crippen LogP contribution in [0.5, 0.6) is 0 Å². The molecule has 122 valence electrons. The summed E-state index contributed by atoms with van der Waals surface area (Å²) in [6, 6.07) is 3.34. The summed E-state index contributed by atoms with van der Waals surface area (Å²) < 4.78 is 36.9. The van der Waals surface area contributed by atoms with Gasteiger partial charge in [-0.15, -0.1) is 0 Å². The molecule has 1 aliphatic rings. The molecule has 0 saturated carbocycles. The first-order chi connectivity index (χ1) is 10.2. The summed E-state index contributed by atoms with van der Waals surface area (Å²) >= 11 is 5.90. The molecule has 0 spiro atoms. The van der Waals surface area contributed by atoms with Crippen LogP contribution in [0.15, 0.2) is 18.2 Å². The Bertz CT molecular complexity index is 659. The quantitative estimate of drug-likeness (QED) is 0.881. The fraction of sp³-hybridized carbons (Fsp3) is 0.500. The van der Waals surface area contributed by atoms with Crippen molar-refractivity contribution in [3.63, 3.8) is 0 Å². The first-order valence-electron chi connectivity index (χ1n) is 6.86. The molecule has 2 atom stereocenters. The number of carbonyl (C=O) groups excluding carboxylic acids is 1. The standard InChI is InChI=1S/C14H17ClFNO4S/c1-2-17(12-7-22(20,21)8-13(12)18)14(19)6-9-10(15)4-3-5-11(9)16/h3-5,12-13,18H,2,6-8H2,1H3/t12-,13-/m0/s1. The Hall–Kier alpha value is -1.18. The SMILES string of the molecule is CCN(C(=O)Cc1c(F)cccc1Cl)[C@H]1CS(=O)(=O)C[C@@H]1O. The highest BCUT2D eigenvalue weighted by Crippen LogP contribution is 2.23. The predicted octanol–water partition coefficient (Wildman–Crippen LogP) is 1.03. The van der Waals surface area contributed by atoms with Gasteiger partial charge >= 0.3 is 0 Å². The van der Waals surface area contributed by atoms with Crippen molar-refractivity contribution in [2.24, 2.45) is 0 Å². The Labute approximate surface area is 133 Å². The zero-order valence-electron chi connectivity index (χ0n) is 12.0. The molecule has 0 radical (unpaired) electrons. The highest BCUT2D eigenvalue weighted by atomic mass is 35.5. The minimum atomic E-state index is -3.37. The molecule has 0 aliphatic carbocycles. The minimum absolute atomic E-state index is 0.0722. The lowest BCUT2D eigenvalue weighted by atomic mass is 10.1. The molecule has 0 unspecified atom stereocenters. The molecule has 1 N–H and O–H groups in total. The molecule has 8 heteroatoms. The molecule has 1 saturated heterocycles. The normalized spacial score (nSPS) is 23.5. The van der Waals surface area contributed by atoms with Crippen molar-refractivity contribution >= 4 is 27.3 Å². The average molecular weight is 350 g/mol. The summed E-state index contributed by atoms with van der Waals surface area (Å²) in [5, 5.41) is 10.0. The highest BCUT2D eigenvalue weighted by Gasteiger charge is 2.41. The number of nitrogens with zero attached hydrogens (tertiary/aromatic N) is 1. The third kappa shape index (κ3) is 3.59. The maximum absolute atomic E-state index is 13.8. The van der Waals surface area contributed by atoms with Crippen LogP contribution in [0, 0.1) is 5.82 Å². The van der Waals surface area contributed by atoms with Gasteiger partial charge in [0.1, 0.15) is 5.82 Å². The van der Waals surface area contributed by atoms with Crippen molar-refractivity contribution in [1.82, 2.24) is 4.90 Å². The number of amides is 1. The van der Waals surface area contributed by atoms with Crippen molar-refractivity contribution in [3.8, 4) is 0 Å². The Kier molecular flexibility index (Phi) is 5.09. The fourth-order valence-corrected chi connectivity index (χ4v) is 4.69. The molecule has 5 nitrogen and oxygen atoms in total. The number of hydrogen-bond donors (Lipinski definition) is 1. The molecule has 22 heavy (non-hydrogen) atoms. The van der Waals surface area contributed by atoms with E-state index in [1.165, 1.54) is 23.1 Å². The van der Waals surface area contributed by atoms with Crippen LogP contribution in [-0.2, 0) is 21.1 Å². The Morgan fingerprint density at radius 2 is 2.14 bits per heavy atom. The monoisotopic (exact) mass is 349 g/mol. The van der Waals surface area contributed by atoms with Gasteiger partial charge in [0.05, 0.1) is 30.1 Å². The number of carbonyl (C=O) groups is 1. The molecular weight excluding hydrogens is 333 g/mol. The van der Waals surface area contributed by atoms with Crippen molar-refractivity contribution in [2.45, 2.75) is 25.5 Å². The summed E-state index contributed by atoms with van der Waals surface area (Å²) in [5.74, 6) is -1.69. The van der Waals surface area contributed by atoms with Crippen LogP contribution in [0.25, 0.3) is 0 Å². The maximum Gasteiger partial charge on any atom is 0.227 e. The molecule has 1 aliphatic heterocycles. The van der Waals surface area contributed by atoms with Gasteiger partial charge in [-0.25, -0.2) is 12.8 Å². The molecule has 0 aromatic heterocycles. The second-order valence-corrected chi connectivity index (χ2v) is 7.83. The largest absolute Gasteiger partial charge is 0.390 e. The second-order valence-electron chi connectivity index (χ2n) is 5.27. The van der Waals surface area contributed by atoms with Gasteiger partial charge in [-0.3, -0.25) is 4.79 Å². The van der Waals surface area contributed by atoms with E-state index >= 15 is 0 Å². The number of hydrogen-bond acceptors (Lipinski definition) is 4.